The van der Waals surface area contributed by atoms with Gasteiger partial charge in [-0.3, -0.25) is 0 Å². The minimum Gasteiger partial charge on any atom is -0.495 e. The van der Waals surface area contributed by atoms with Gasteiger partial charge in [0, 0.05) is 18.9 Å². The Bertz CT molecular complexity index is 749. The maximum Gasteiger partial charge on any atom is 0.179 e. The average molecular weight is 282 g/mol. The number of rotatable bonds is 2. The zero-order valence-corrected chi connectivity index (χ0v) is 11.5. The van der Waals surface area contributed by atoms with Crippen LogP contribution in [0.25, 0.3) is 11.0 Å². The molecule has 0 saturated heterocycles. The van der Waals surface area contributed by atoms with Gasteiger partial charge in [-0.2, -0.15) is 0 Å². The molecule has 3 rings (SSSR count). The summed E-state index contributed by atoms with van der Waals surface area (Å²) in [5.41, 5.74) is 1.53. The lowest BCUT2D eigenvalue weighted by atomic mass is 10.3. The third-order valence-corrected chi connectivity index (χ3v) is 4.32. The fourth-order valence-corrected chi connectivity index (χ4v) is 3.14. The Morgan fingerprint density at radius 2 is 2.21 bits per heavy atom. The molecule has 0 radical (unpaired) electrons. The number of ether oxygens (including phenoxy) is 2. The van der Waals surface area contributed by atoms with Gasteiger partial charge in [0.25, 0.3) is 0 Å². The number of aromatic nitrogens is 2. The van der Waals surface area contributed by atoms with Gasteiger partial charge in [0.1, 0.15) is 23.1 Å². The smallest absolute Gasteiger partial charge is 0.179 e. The van der Waals surface area contributed by atoms with Crippen molar-refractivity contribution in [2.24, 2.45) is 0 Å². The van der Waals surface area contributed by atoms with E-state index in [1.54, 1.807) is 12.1 Å². The molecule has 0 spiro atoms. The van der Waals surface area contributed by atoms with Crippen molar-refractivity contribution in [3.8, 4) is 5.75 Å². The lowest BCUT2D eigenvalue weighted by Crippen LogP contribution is -2.16. The monoisotopic (exact) mass is 282 g/mol. The van der Waals surface area contributed by atoms with E-state index in [4.69, 9.17) is 9.47 Å². The maximum absolute atomic E-state index is 11.8. The lowest BCUT2D eigenvalue weighted by Gasteiger charge is -2.15. The zero-order chi connectivity index (χ0) is 13.6. The molecule has 1 aromatic carbocycles. The van der Waals surface area contributed by atoms with Crippen molar-refractivity contribution in [1.29, 1.82) is 0 Å². The minimum absolute atomic E-state index is 0.166. The summed E-state index contributed by atoms with van der Waals surface area (Å²) in [6.45, 7) is 1.80. The van der Waals surface area contributed by atoms with Crippen LogP contribution in [0.3, 0.4) is 0 Å². The molecule has 0 saturated carbocycles. The van der Waals surface area contributed by atoms with Crippen LogP contribution in [-0.4, -0.2) is 37.9 Å². The minimum atomic E-state index is -3.34. The highest BCUT2D eigenvalue weighted by Gasteiger charge is 2.21. The summed E-state index contributed by atoms with van der Waals surface area (Å²) in [5.74, 6) is 1.16. The predicted molar refractivity (Wildman–Crippen MR) is 69.1 cm³/mol. The van der Waals surface area contributed by atoms with Gasteiger partial charge in [-0.25, -0.2) is 13.4 Å². The number of nitrogens with zero attached hydrogens (tertiary/aromatic N) is 2. The lowest BCUT2D eigenvalue weighted by molar-refractivity contribution is 0.0830. The number of hydrogen-bond acceptors (Lipinski definition) is 5. The number of methoxy groups -OCH3 is 1. The van der Waals surface area contributed by atoms with Crippen LogP contribution < -0.4 is 4.74 Å². The third-order valence-electron chi connectivity index (χ3n) is 3.20. The summed E-state index contributed by atoms with van der Waals surface area (Å²) in [5, 5.41) is 0. The van der Waals surface area contributed by atoms with Crippen LogP contribution >= 0.6 is 0 Å². The van der Waals surface area contributed by atoms with Crippen molar-refractivity contribution in [2.75, 3.05) is 20.0 Å². The largest absolute Gasteiger partial charge is 0.495 e. The van der Waals surface area contributed by atoms with E-state index in [-0.39, 0.29) is 4.90 Å². The highest BCUT2D eigenvalue weighted by Crippen LogP contribution is 2.30. The molecule has 19 heavy (non-hydrogen) atoms. The van der Waals surface area contributed by atoms with Gasteiger partial charge in [-0.05, 0) is 6.07 Å². The predicted octanol–water partition coefficient (Wildman–Crippen LogP) is 0.979. The first-order chi connectivity index (χ1) is 9.00. The van der Waals surface area contributed by atoms with Crippen molar-refractivity contribution in [3.63, 3.8) is 0 Å². The maximum atomic E-state index is 11.8. The van der Waals surface area contributed by atoms with Gasteiger partial charge < -0.3 is 14.0 Å². The standard InChI is InChI=1S/C12H14N2O4S/c1-17-10-6-9-8(5-11(10)19(2,15)16)13-12-7-18-4-3-14(9)12/h5-6H,3-4,7H2,1-2H3. The molecule has 2 aromatic rings. The van der Waals surface area contributed by atoms with Gasteiger partial charge in [0.05, 0.1) is 24.8 Å². The SMILES string of the molecule is COc1cc2c(cc1S(C)(=O)=O)nc1n2CCOC1. The van der Waals surface area contributed by atoms with Gasteiger partial charge in [0.2, 0.25) is 0 Å². The summed E-state index contributed by atoms with van der Waals surface area (Å²) in [7, 11) is -1.88. The van der Waals surface area contributed by atoms with Crippen LogP contribution in [0.2, 0.25) is 0 Å². The molecule has 0 amide bonds. The molecule has 7 heteroatoms. The number of hydrogen-bond donors (Lipinski definition) is 0. The van der Waals surface area contributed by atoms with Crippen LogP contribution in [0.1, 0.15) is 5.82 Å². The fraction of sp³-hybridized carbons (Fsp3) is 0.417. The van der Waals surface area contributed by atoms with Gasteiger partial charge in [-0.15, -0.1) is 0 Å². The first kappa shape index (κ1) is 12.4. The van der Waals surface area contributed by atoms with E-state index in [2.05, 4.69) is 4.98 Å². The molecular formula is C12H14N2O4S. The highest BCUT2D eigenvalue weighted by molar-refractivity contribution is 7.90. The molecule has 6 nitrogen and oxygen atoms in total. The van der Waals surface area contributed by atoms with Gasteiger partial charge in [0.15, 0.2) is 9.84 Å². The summed E-state index contributed by atoms with van der Waals surface area (Å²) in [6, 6.07) is 3.29. The summed E-state index contributed by atoms with van der Waals surface area (Å²) >= 11 is 0. The highest BCUT2D eigenvalue weighted by atomic mass is 32.2. The Morgan fingerprint density at radius 1 is 1.42 bits per heavy atom. The molecule has 0 N–H and O–H groups in total. The topological polar surface area (TPSA) is 70.4 Å². The number of benzene rings is 1. The Kier molecular flexibility index (Phi) is 2.75. The van der Waals surface area contributed by atoms with Crippen molar-refractivity contribution < 1.29 is 17.9 Å². The van der Waals surface area contributed by atoms with E-state index < -0.39 is 9.84 Å². The average Bonchev–Trinajstić information content (AvgIpc) is 2.73. The van der Waals surface area contributed by atoms with Crippen molar-refractivity contribution in [3.05, 3.63) is 18.0 Å². The Labute approximate surface area is 110 Å². The van der Waals surface area contributed by atoms with Crippen molar-refractivity contribution >= 4 is 20.9 Å². The van der Waals surface area contributed by atoms with E-state index >= 15 is 0 Å². The van der Waals surface area contributed by atoms with E-state index in [1.807, 2.05) is 4.57 Å². The molecule has 0 unspecified atom stereocenters. The first-order valence-corrected chi connectivity index (χ1v) is 7.75. The van der Waals surface area contributed by atoms with Crippen LogP contribution in [0.5, 0.6) is 5.75 Å². The Hall–Kier alpha value is -1.60. The molecule has 0 bridgehead atoms. The second kappa shape index (κ2) is 4.21. The molecule has 102 valence electrons. The van der Waals surface area contributed by atoms with Crippen LogP contribution in [0.4, 0.5) is 0 Å². The molecule has 0 atom stereocenters. The van der Waals surface area contributed by atoms with Crippen LogP contribution in [0.15, 0.2) is 17.0 Å². The molecule has 1 aliphatic heterocycles. The number of imidazole rings is 1. The molecule has 2 heterocycles. The van der Waals surface area contributed by atoms with Crippen LogP contribution in [0, 0.1) is 0 Å². The molecule has 0 aliphatic carbocycles. The second-order valence-corrected chi connectivity index (χ2v) is 6.48. The zero-order valence-electron chi connectivity index (χ0n) is 10.7. The van der Waals surface area contributed by atoms with Crippen LogP contribution in [-0.2, 0) is 27.7 Å². The molecule has 0 fully saturated rings. The normalized spacial score (nSPS) is 15.5. The van der Waals surface area contributed by atoms with E-state index in [9.17, 15) is 8.42 Å². The number of fused-ring (bicyclic) bond motifs is 3. The quantitative estimate of drug-likeness (QED) is 0.821. The van der Waals surface area contributed by atoms with E-state index in [1.165, 1.54) is 7.11 Å². The second-order valence-electron chi connectivity index (χ2n) is 4.50. The summed E-state index contributed by atoms with van der Waals surface area (Å²) in [4.78, 5) is 4.59. The van der Waals surface area contributed by atoms with Crippen molar-refractivity contribution in [2.45, 2.75) is 18.0 Å². The molecular weight excluding hydrogens is 268 g/mol. The first-order valence-electron chi connectivity index (χ1n) is 5.85. The summed E-state index contributed by atoms with van der Waals surface area (Å²) < 4.78 is 36.1. The Morgan fingerprint density at radius 3 is 2.89 bits per heavy atom. The summed E-state index contributed by atoms with van der Waals surface area (Å²) in [6.07, 6.45) is 1.16. The number of sulfone groups is 1. The van der Waals surface area contributed by atoms with Crippen molar-refractivity contribution in [1.82, 2.24) is 9.55 Å². The van der Waals surface area contributed by atoms with E-state index in [0.29, 0.717) is 31.0 Å². The fourth-order valence-electron chi connectivity index (χ4n) is 2.31. The van der Waals surface area contributed by atoms with Gasteiger partial charge >= 0.3 is 0 Å². The molecule has 1 aliphatic rings. The third kappa shape index (κ3) is 1.98. The van der Waals surface area contributed by atoms with Gasteiger partial charge in [-0.1, -0.05) is 0 Å². The molecule has 1 aromatic heterocycles. The van der Waals surface area contributed by atoms with E-state index in [0.717, 1.165) is 17.6 Å². The Balaban J connectivity index is 2.32.